The maximum Gasteiger partial charge on any atom is 0.235 e. The van der Waals surface area contributed by atoms with E-state index in [1.807, 2.05) is 24.3 Å². The predicted molar refractivity (Wildman–Crippen MR) is 113 cm³/mol. The average molecular weight is 457 g/mol. The number of thioether (sulfide) groups is 1. The number of methoxy groups -OCH3 is 1. The van der Waals surface area contributed by atoms with E-state index >= 15 is 0 Å². The lowest BCUT2D eigenvalue weighted by atomic mass is 10.2. The summed E-state index contributed by atoms with van der Waals surface area (Å²) in [6, 6.07) is 12.3. The van der Waals surface area contributed by atoms with Crippen LogP contribution in [0.1, 0.15) is 5.56 Å². The van der Waals surface area contributed by atoms with Crippen molar-refractivity contribution >= 4 is 23.5 Å². The van der Waals surface area contributed by atoms with Crippen molar-refractivity contribution in [2.24, 2.45) is 0 Å². The van der Waals surface area contributed by atoms with Crippen LogP contribution < -0.4 is 10.1 Å². The predicted octanol–water partition coefficient (Wildman–Crippen LogP) is 2.92. The maximum absolute atomic E-state index is 14.0. The Hall–Kier alpha value is -3.80. The lowest BCUT2D eigenvalue weighted by molar-refractivity contribution is -0.113. The van der Waals surface area contributed by atoms with Gasteiger partial charge in [-0.15, -0.1) is 5.10 Å². The van der Waals surface area contributed by atoms with Crippen LogP contribution in [-0.2, 0) is 11.3 Å². The number of nitrogens with one attached hydrogen (secondary N) is 1. The number of hydrogen-bond donors (Lipinski definition) is 1. The van der Waals surface area contributed by atoms with Gasteiger partial charge in [0.1, 0.15) is 23.1 Å². The highest BCUT2D eigenvalue weighted by Crippen LogP contribution is 2.21. The van der Waals surface area contributed by atoms with Crippen LogP contribution in [0.3, 0.4) is 0 Å². The number of ether oxygens (including phenoxy) is 1. The van der Waals surface area contributed by atoms with E-state index in [2.05, 4.69) is 25.9 Å². The molecule has 0 fully saturated rings. The number of amides is 1. The van der Waals surface area contributed by atoms with Crippen molar-refractivity contribution in [2.45, 2.75) is 11.7 Å². The Labute approximate surface area is 185 Å². The molecule has 0 spiro atoms. The summed E-state index contributed by atoms with van der Waals surface area (Å²) in [5.74, 6) is -0.597. The summed E-state index contributed by atoms with van der Waals surface area (Å²) in [4.78, 5) is 12.5. The third-order valence-electron chi connectivity index (χ3n) is 4.39. The van der Waals surface area contributed by atoms with E-state index in [1.165, 1.54) is 6.07 Å². The minimum Gasteiger partial charge on any atom is -0.497 e. The average Bonchev–Trinajstić information content (AvgIpc) is 3.42. The van der Waals surface area contributed by atoms with Gasteiger partial charge in [-0.25, -0.2) is 13.5 Å². The van der Waals surface area contributed by atoms with Crippen molar-refractivity contribution in [3.63, 3.8) is 0 Å². The summed E-state index contributed by atoms with van der Waals surface area (Å²) in [5.41, 5.74) is 0.969. The molecule has 0 saturated heterocycles. The highest BCUT2D eigenvalue weighted by molar-refractivity contribution is 7.99. The number of halogens is 2. The van der Waals surface area contributed by atoms with Crippen LogP contribution >= 0.6 is 11.8 Å². The lowest BCUT2D eigenvalue weighted by Gasteiger charge is -2.10. The smallest absolute Gasteiger partial charge is 0.235 e. The van der Waals surface area contributed by atoms with Gasteiger partial charge >= 0.3 is 0 Å². The SMILES string of the molecule is COc1ccc(Cn2nccc2NC(=O)CSc2nnnn2-c2ccc(F)cc2F)cc1. The van der Waals surface area contributed by atoms with Gasteiger partial charge in [0.05, 0.1) is 25.6 Å². The van der Waals surface area contributed by atoms with E-state index in [0.29, 0.717) is 12.4 Å². The second-order valence-corrected chi connectivity index (χ2v) is 7.47. The topological polar surface area (TPSA) is 99.8 Å². The number of carbonyl (C=O) groups is 1. The lowest BCUT2D eigenvalue weighted by Crippen LogP contribution is -2.18. The first-order chi connectivity index (χ1) is 15.5. The van der Waals surface area contributed by atoms with Gasteiger partial charge in [-0.1, -0.05) is 23.9 Å². The van der Waals surface area contributed by atoms with Crippen LogP contribution in [0.5, 0.6) is 5.75 Å². The van der Waals surface area contributed by atoms with E-state index in [4.69, 9.17) is 4.74 Å². The molecule has 0 atom stereocenters. The fraction of sp³-hybridized carbons (Fsp3) is 0.150. The van der Waals surface area contributed by atoms with Gasteiger partial charge in [-0.2, -0.15) is 9.78 Å². The molecule has 1 N–H and O–H groups in total. The maximum atomic E-state index is 14.0. The van der Waals surface area contributed by atoms with Gasteiger partial charge in [0.2, 0.25) is 11.1 Å². The number of tetrazole rings is 1. The summed E-state index contributed by atoms with van der Waals surface area (Å²) in [7, 11) is 1.60. The van der Waals surface area contributed by atoms with Crippen LogP contribution in [0, 0.1) is 11.6 Å². The molecule has 0 aliphatic rings. The van der Waals surface area contributed by atoms with Gasteiger partial charge in [0.25, 0.3) is 0 Å². The summed E-state index contributed by atoms with van der Waals surface area (Å²) in [6.07, 6.45) is 1.59. The Morgan fingerprint density at radius 2 is 1.97 bits per heavy atom. The monoisotopic (exact) mass is 457 g/mol. The highest BCUT2D eigenvalue weighted by atomic mass is 32.2. The Morgan fingerprint density at radius 1 is 1.16 bits per heavy atom. The Balaban J connectivity index is 1.39. The van der Waals surface area contributed by atoms with Crippen molar-refractivity contribution in [1.82, 2.24) is 30.0 Å². The molecule has 0 bridgehead atoms. The zero-order valence-corrected chi connectivity index (χ0v) is 17.6. The molecular formula is C20H17F2N7O2S. The first-order valence-corrected chi connectivity index (χ1v) is 10.3. The molecule has 0 aliphatic heterocycles. The number of nitrogens with zero attached hydrogens (tertiary/aromatic N) is 6. The summed E-state index contributed by atoms with van der Waals surface area (Å²) >= 11 is 1.02. The first kappa shape index (κ1) is 21.4. The third-order valence-corrected chi connectivity index (χ3v) is 5.31. The van der Waals surface area contributed by atoms with E-state index in [9.17, 15) is 13.6 Å². The molecule has 2 aromatic carbocycles. The standard InChI is InChI=1S/C20H17F2N7O2S/c1-31-15-5-2-13(3-6-15)11-28-18(8-9-23-28)24-19(30)12-32-20-25-26-27-29(20)17-7-4-14(21)10-16(17)22/h2-10H,11-12H2,1H3,(H,24,30). The van der Waals surface area contributed by atoms with E-state index < -0.39 is 11.6 Å². The molecule has 0 unspecified atom stereocenters. The summed E-state index contributed by atoms with van der Waals surface area (Å²) in [5, 5.41) is 18.3. The molecule has 9 nitrogen and oxygen atoms in total. The third kappa shape index (κ3) is 4.91. The van der Waals surface area contributed by atoms with Gasteiger partial charge in [0.15, 0.2) is 5.82 Å². The molecule has 4 aromatic rings. The first-order valence-electron chi connectivity index (χ1n) is 9.34. The van der Waals surface area contributed by atoms with Crippen LogP contribution in [0.25, 0.3) is 5.69 Å². The molecule has 2 heterocycles. The molecule has 164 valence electrons. The van der Waals surface area contributed by atoms with Gasteiger partial charge in [0, 0.05) is 12.1 Å². The molecule has 12 heteroatoms. The van der Waals surface area contributed by atoms with Crippen LogP contribution in [0.15, 0.2) is 59.9 Å². The van der Waals surface area contributed by atoms with Crippen molar-refractivity contribution in [1.29, 1.82) is 0 Å². The molecule has 1 amide bonds. The Morgan fingerprint density at radius 3 is 2.72 bits per heavy atom. The van der Waals surface area contributed by atoms with E-state index in [1.54, 1.807) is 24.1 Å². The molecular weight excluding hydrogens is 440 g/mol. The zero-order valence-electron chi connectivity index (χ0n) is 16.8. The van der Waals surface area contributed by atoms with E-state index in [0.717, 1.165) is 39.9 Å². The zero-order chi connectivity index (χ0) is 22.5. The number of hydrogen-bond acceptors (Lipinski definition) is 7. The Bertz CT molecular complexity index is 1230. The van der Waals surface area contributed by atoms with Crippen molar-refractivity contribution < 1.29 is 18.3 Å². The quantitative estimate of drug-likeness (QED) is 0.406. The molecule has 0 radical (unpaired) electrons. The van der Waals surface area contributed by atoms with Gasteiger partial charge in [-0.3, -0.25) is 4.79 Å². The van der Waals surface area contributed by atoms with Gasteiger partial charge in [-0.05, 0) is 40.3 Å². The molecule has 4 rings (SSSR count). The number of aromatic nitrogens is 6. The second-order valence-electron chi connectivity index (χ2n) is 6.53. The Kier molecular flexibility index (Phi) is 6.40. The molecule has 0 aliphatic carbocycles. The second kappa shape index (κ2) is 9.56. The summed E-state index contributed by atoms with van der Waals surface area (Å²) in [6.45, 7) is 0.460. The minimum absolute atomic E-state index is 0.0168. The normalized spacial score (nSPS) is 10.8. The number of anilines is 1. The molecule has 32 heavy (non-hydrogen) atoms. The van der Waals surface area contributed by atoms with Crippen LogP contribution in [0.2, 0.25) is 0 Å². The summed E-state index contributed by atoms with van der Waals surface area (Å²) < 4.78 is 35.1. The molecule has 2 aromatic heterocycles. The number of rotatable bonds is 8. The number of carbonyl (C=O) groups excluding carboxylic acids is 1. The fourth-order valence-electron chi connectivity index (χ4n) is 2.85. The fourth-order valence-corrected chi connectivity index (χ4v) is 3.53. The van der Waals surface area contributed by atoms with Crippen molar-refractivity contribution in [3.05, 3.63) is 71.9 Å². The van der Waals surface area contributed by atoms with Crippen LogP contribution in [-0.4, -0.2) is 48.8 Å². The molecule has 0 saturated carbocycles. The van der Waals surface area contributed by atoms with Crippen molar-refractivity contribution in [3.8, 4) is 11.4 Å². The largest absolute Gasteiger partial charge is 0.497 e. The minimum atomic E-state index is -0.814. The van der Waals surface area contributed by atoms with Crippen molar-refractivity contribution in [2.75, 3.05) is 18.2 Å². The van der Waals surface area contributed by atoms with Gasteiger partial charge < -0.3 is 10.1 Å². The van der Waals surface area contributed by atoms with E-state index in [-0.39, 0.29) is 22.5 Å². The highest BCUT2D eigenvalue weighted by Gasteiger charge is 2.16. The number of benzene rings is 2. The van der Waals surface area contributed by atoms with Crippen LogP contribution in [0.4, 0.5) is 14.6 Å².